The normalized spacial score (nSPS) is 12.3. The SMILES string of the molecule is CCCc1ccc(S(=O)(=O)NC(CC)(CC)C(=N)N)cc1. The number of nitrogens with two attached hydrogens (primary N) is 1. The number of hydrogen-bond donors (Lipinski definition) is 3. The standard InChI is InChI=1S/C15H25N3O2S/c1-4-7-12-8-10-13(11-9-12)21(19,20)18-15(5-2,6-3)14(16)17/h8-11,18H,4-7H2,1-3H3,(H3,16,17). The maximum atomic E-state index is 12.5. The Balaban J connectivity index is 3.07. The van der Waals surface area contributed by atoms with Gasteiger partial charge in [0.05, 0.1) is 10.4 Å². The number of benzene rings is 1. The molecule has 0 saturated heterocycles. The highest BCUT2D eigenvalue weighted by atomic mass is 32.2. The van der Waals surface area contributed by atoms with Crippen LogP contribution in [0, 0.1) is 5.41 Å². The number of hydrogen-bond acceptors (Lipinski definition) is 3. The molecule has 0 atom stereocenters. The molecule has 0 spiro atoms. The van der Waals surface area contributed by atoms with Crippen LogP contribution in [0.15, 0.2) is 29.2 Å². The zero-order valence-corrected chi connectivity index (χ0v) is 13.8. The summed E-state index contributed by atoms with van der Waals surface area (Å²) in [6.07, 6.45) is 2.82. The molecule has 1 aromatic carbocycles. The van der Waals surface area contributed by atoms with Gasteiger partial charge in [0, 0.05) is 0 Å². The predicted molar refractivity (Wildman–Crippen MR) is 86.0 cm³/mol. The van der Waals surface area contributed by atoms with Crippen LogP contribution in [0.5, 0.6) is 0 Å². The van der Waals surface area contributed by atoms with Crippen LogP contribution in [0.4, 0.5) is 0 Å². The van der Waals surface area contributed by atoms with E-state index in [9.17, 15) is 8.42 Å². The van der Waals surface area contributed by atoms with Gasteiger partial charge in [-0.2, -0.15) is 4.72 Å². The molecule has 21 heavy (non-hydrogen) atoms. The largest absolute Gasteiger partial charge is 0.386 e. The average Bonchev–Trinajstić information content (AvgIpc) is 2.45. The third kappa shape index (κ3) is 4.04. The monoisotopic (exact) mass is 311 g/mol. The first-order valence-corrected chi connectivity index (χ1v) is 8.77. The summed E-state index contributed by atoms with van der Waals surface area (Å²) in [5, 5.41) is 7.68. The molecule has 0 aromatic heterocycles. The Hall–Kier alpha value is -1.40. The van der Waals surface area contributed by atoms with Crippen LogP contribution in [0.1, 0.15) is 45.6 Å². The number of sulfonamides is 1. The topological polar surface area (TPSA) is 96.0 Å². The van der Waals surface area contributed by atoms with Crippen molar-refractivity contribution in [2.75, 3.05) is 0 Å². The van der Waals surface area contributed by atoms with Gasteiger partial charge in [0.1, 0.15) is 5.84 Å². The minimum Gasteiger partial charge on any atom is -0.386 e. The van der Waals surface area contributed by atoms with Gasteiger partial charge < -0.3 is 5.73 Å². The van der Waals surface area contributed by atoms with Crippen molar-refractivity contribution in [1.82, 2.24) is 4.72 Å². The van der Waals surface area contributed by atoms with Crippen molar-refractivity contribution < 1.29 is 8.42 Å². The lowest BCUT2D eigenvalue weighted by molar-refractivity contribution is 0.458. The molecule has 118 valence electrons. The van der Waals surface area contributed by atoms with E-state index >= 15 is 0 Å². The van der Waals surface area contributed by atoms with E-state index in [2.05, 4.69) is 11.6 Å². The van der Waals surface area contributed by atoms with E-state index in [0.717, 1.165) is 18.4 Å². The van der Waals surface area contributed by atoms with Gasteiger partial charge in [0.15, 0.2) is 0 Å². The van der Waals surface area contributed by atoms with Gasteiger partial charge in [-0.25, -0.2) is 8.42 Å². The smallest absolute Gasteiger partial charge is 0.241 e. The third-order valence-electron chi connectivity index (χ3n) is 3.82. The van der Waals surface area contributed by atoms with Gasteiger partial charge >= 0.3 is 0 Å². The van der Waals surface area contributed by atoms with Gasteiger partial charge in [-0.05, 0) is 37.0 Å². The fourth-order valence-electron chi connectivity index (χ4n) is 2.27. The van der Waals surface area contributed by atoms with Crippen LogP contribution in [-0.4, -0.2) is 19.8 Å². The van der Waals surface area contributed by atoms with Gasteiger partial charge in [0.25, 0.3) is 0 Å². The van der Waals surface area contributed by atoms with E-state index < -0.39 is 15.6 Å². The molecule has 0 radical (unpaired) electrons. The Morgan fingerprint density at radius 2 is 1.71 bits per heavy atom. The zero-order chi connectivity index (χ0) is 16.1. The van der Waals surface area contributed by atoms with Crippen molar-refractivity contribution in [2.24, 2.45) is 5.73 Å². The highest BCUT2D eigenvalue weighted by Gasteiger charge is 2.35. The highest BCUT2D eigenvalue weighted by molar-refractivity contribution is 7.89. The molecule has 4 N–H and O–H groups in total. The molecule has 0 fully saturated rings. The number of nitrogens with one attached hydrogen (secondary N) is 2. The molecule has 0 aliphatic rings. The fourth-order valence-corrected chi connectivity index (χ4v) is 3.80. The predicted octanol–water partition coefficient (Wildman–Crippen LogP) is 2.41. The molecule has 0 bridgehead atoms. The molecule has 0 amide bonds. The molecule has 1 rings (SSSR count). The van der Waals surface area contributed by atoms with Crippen molar-refractivity contribution in [3.63, 3.8) is 0 Å². The molecule has 5 nitrogen and oxygen atoms in total. The Labute approximate surface area is 127 Å². The Morgan fingerprint density at radius 1 is 1.19 bits per heavy atom. The van der Waals surface area contributed by atoms with Crippen molar-refractivity contribution >= 4 is 15.9 Å². The summed E-state index contributed by atoms with van der Waals surface area (Å²) >= 11 is 0. The number of amidine groups is 1. The molecule has 0 unspecified atom stereocenters. The second-order valence-corrected chi connectivity index (χ2v) is 6.88. The summed E-state index contributed by atoms with van der Waals surface area (Å²) in [4.78, 5) is 0.204. The van der Waals surface area contributed by atoms with E-state index in [1.807, 2.05) is 26.0 Å². The van der Waals surface area contributed by atoms with Crippen LogP contribution in [0.2, 0.25) is 0 Å². The summed E-state index contributed by atoms with van der Waals surface area (Å²) in [7, 11) is -3.69. The number of aryl methyl sites for hydroxylation is 1. The van der Waals surface area contributed by atoms with Gasteiger partial charge in [-0.3, -0.25) is 5.41 Å². The Bertz CT molecular complexity index is 575. The van der Waals surface area contributed by atoms with Crippen LogP contribution >= 0.6 is 0 Å². The molecule has 0 heterocycles. The van der Waals surface area contributed by atoms with Crippen LogP contribution < -0.4 is 10.5 Å². The summed E-state index contributed by atoms with van der Waals surface area (Å²) < 4.78 is 27.5. The molecule has 1 aromatic rings. The van der Waals surface area contributed by atoms with Crippen molar-refractivity contribution in [3.05, 3.63) is 29.8 Å². The van der Waals surface area contributed by atoms with Crippen LogP contribution in [0.3, 0.4) is 0 Å². The lowest BCUT2D eigenvalue weighted by Gasteiger charge is -2.31. The number of rotatable bonds is 8. The quantitative estimate of drug-likeness (QED) is 0.508. The maximum Gasteiger partial charge on any atom is 0.241 e. The first kappa shape index (κ1) is 17.7. The average molecular weight is 311 g/mol. The van der Waals surface area contributed by atoms with Crippen molar-refractivity contribution in [3.8, 4) is 0 Å². The summed E-state index contributed by atoms with van der Waals surface area (Å²) in [5.74, 6) is -0.154. The van der Waals surface area contributed by atoms with Crippen LogP contribution in [0.25, 0.3) is 0 Å². The molecule has 0 saturated carbocycles. The van der Waals surface area contributed by atoms with E-state index in [4.69, 9.17) is 11.1 Å². The summed E-state index contributed by atoms with van der Waals surface area (Å²) in [6.45, 7) is 5.71. The van der Waals surface area contributed by atoms with Gasteiger partial charge in [0.2, 0.25) is 10.0 Å². The third-order valence-corrected chi connectivity index (χ3v) is 5.38. The van der Waals surface area contributed by atoms with E-state index in [1.165, 1.54) is 0 Å². The van der Waals surface area contributed by atoms with E-state index in [1.54, 1.807) is 12.1 Å². The fraction of sp³-hybridized carbons (Fsp3) is 0.533. The van der Waals surface area contributed by atoms with Gasteiger partial charge in [-0.15, -0.1) is 0 Å². The molecular weight excluding hydrogens is 286 g/mol. The minimum absolute atomic E-state index is 0.154. The lowest BCUT2D eigenvalue weighted by Crippen LogP contribution is -2.56. The molecule has 0 aliphatic carbocycles. The first-order chi connectivity index (χ1) is 9.81. The summed E-state index contributed by atoms with van der Waals surface area (Å²) in [6, 6.07) is 6.85. The second-order valence-electron chi connectivity index (χ2n) is 5.20. The first-order valence-electron chi connectivity index (χ1n) is 7.28. The van der Waals surface area contributed by atoms with Gasteiger partial charge in [-0.1, -0.05) is 39.3 Å². The Morgan fingerprint density at radius 3 is 2.10 bits per heavy atom. The van der Waals surface area contributed by atoms with Crippen molar-refractivity contribution in [2.45, 2.75) is 56.9 Å². The highest BCUT2D eigenvalue weighted by Crippen LogP contribution is 2.20. The van der Waals surface area contributed by atoms with Crippen molar-refractivity contribution in [1.29, 1.82) is 5.41 Å². The minimum atomic E-state index is -3.69. The molecule has 0 aliphatic heterocycles. The van der Waals surface area contributed by atoms with E-state index in [0.29, 0.717) is 12.8 Å². The van der Waals surface area contributed by atoms with E-state index in [-0.39, 0.29) is 10.7 Å². The lowest BCUT2D eigenvalue weighted by atomic mass is 9.93. The molecular formula is C15H25N3O2S. The zero-order valence-electron chi connectivity index (χ0n) is 12.9. The maximum absolute atomic E-state index is 12.5. The van der Waals surface area contributed by atoms with Crippen LogP contribution in [-0.2, 0) is 16.4 Å². The Kier molecular flexibility index (Phi) is 5.92. The molecule has 6 heteroatoms. The second kappa shape index (κ2) is 7.04. The summed E-state index contributed by atoms with van der Waals surface area (Å²) in [5.41, 5.74) is 5.70.